The summed E-state index contributed by atoms with van der Waals surface area (Å²) in [5.41, 5.74) is 4.87. The number of nitrogens with two attached hydrogens (primary N) is 1. The van der Waals surface area contributed by atoms with E-state index in [0.717, 1.165) is 32.2 Å². The molecule has 2 aliphatic rings. The number of carbonyl (C=O) groups is 1. The number of ether oxygens (including phenoxy) is 1. The molecule has 1 fully saturated rings. The summed E-state index contributed by atoms with van der Waals surface area (Å²) in [5.74, 6) is -0.833. The van der Waals surface area contributed by atoms with Gasteiger partial charge in [-0.3, -0.25) is 19.8 Å². The molecule has 0 radical (unpaired) electrons. The molecule has 12 heteroatoms. The third kappa shape index (κ3) is 4.63. The first-order valence-corrected chi connectivity index (χ1v) is 11.9. The minimum atomic E-state index is -4.27. The number of primary amides is 1. The molecule has 1 unspecified atom stereocenters. The lowest BCUT2D eigenvalue weighted by molar-refractivity contribution is -0.384. The van der Waals surface area contributed by atoms with Gasteiger partial charge in [0.05, 0.1) is 26.3 Å². The molecule has 1 saturated heterocycles. The van der Waals surface area contributed by atoms with Crippen molar-refractivity contribution in [3.8, 4) is 5.75 Å². The van der Waals surface area contributed by atoms with Gasteiger partial charge in [-0.25, -0.2) is 8.42 Å². The van der Waals surface area contributed by atoms with Crippen LogP contribution in [0.4, 0.5) is 11.4 Å². The van der Waals surface area contributed by atoms with Gasteiger partial charge < -0.3 is 20.7 Å². The number of nitrogens with zero attached hydrogens (tertiary/aromatic N) is 3. The minimum absolute atomic E-state index is 0.0777. The number of hydrogen-bond acceptors (Lipinski definition) is 9. The van der Waals surface area contributed by atoms with Gasteiger partial charge in [0.1, 0.15) is 6.61 Å². The molecule has 0 spiro atoms. The van der Waals surface area contributed by atoms with E-state index in [1.54, 1.807) is 0 Å². The van der Waals surface area contributed by atoms with E-state index < -0.39 is 26.4 Å². The summed E-state index contributed by atoms with van der Waals surface area (Å²) >= 11 is 0. The lowest BCUT2D eigenvalue weighted by Gasteiger charge is -2.36. The molecule has 0 saturated carbocycles. The highest BCUT2D eigenvalue weighted by atomic mass is 32.2. The van der Waals surface area contributed by atoms with Crippen molar-refractivity contribution in [2.75, 3.05) is 51.7 Å². The number of nitrogens with one attached hydrogen (secondary N) is 1. The zero-order valence-corrected chi connectivity index (χ0v) is 18.9. The highest BCUT2D eigenvalue weighted by Gasteiger charge is 2.33. The van der Waals surface area contributed by atoms with Crippen molar-refractivity contribution in [3.63, 3.8) is 0 Å². The van der Waals surface area contributed by atoms with E-state index >= 15 is 0 Å². The normalized spacial score (nSPS) is 19.2. The number of nitro groups is 1. The predicted molar refractivity (Wildman–Crippen MR) is 120 cm³/mol. The summed E-state index contributed by atoms with van der Waals surface area (Å²) < 4.78 is 32.3. The van der Waals surface area contributed by atoms with Crippen LogP contribution in [0.5, 0.6) is 5.75 Å². The third-order valence-corrected chi connectivity index (χ3v) is 7.66. The number of sulfone groups is 1. The molecule has 2 aromatic rings. The van der Waals surface area contributed by atoms with Crippen LogP contribution in [-0.2, 0) is 9.84 Å². The second-order valence-electron chi connectivity index (χ2n) is 8.19. The van der Waals surface area contributed by atoms with E-state index in [-0.39, 0.29) is 39.4 Å². The summed E-state index contributed by atoms with van der Waals surface area (Å²) in [4.78, 5) is 26.7. The van der Waals surface area contributed by atoms with Crippen LogP contribution in [0.15, 0.2) is 46.2 Å². The molecule has 0 aliphatic carbocycles. The fraction of sp³-hybridized carbons (Fsp3) is 0.381. The SMILES string of the molecule is CN1CCN(CC2COc3cc(S(=O)(=O)c4ccccc4C(N)=O)cc([N+](=O)[O-])c3N2)CC1. The first-order chi connectivity index (χ1) is 15.7. The molecule has 2 aliphatic heterocycles. The highest BCUT2D eigenvalue weighted by Crippen LogP contribution is 2.41. The number of piperazine rings is 1. The second kappa shape index (κ2) is 8.96. The standard InChI is InChI=1S/C21H25N5O6S/c1-24-6-8-25(9-7-24)12-14-13-32-18-11-15(10-17(26(28)29)20(18)23-14)33(30,31)19-5-3-2-4-16(19)21(22)27/h2-5,10-11,14,23H,6-9,12-13H2,1H3,(H2,22,27). The smallest absolute Gasteiger partial charge is 0.297 e. The third-order valence-electron chi connectivity index (χ3n) is 5.87. The average molecular weight is 476 g/mol. The molecular formula is C21H25N5O6S. The van der Waals surface area contributed by atoms with Crippen molar-refractivity contribution in [3.05, 3.63) is 52.1 Å². The Morgan fingerprint density at radius 3 is 2.61 bits per heavy atom. The molecule has 3 N–H and O–H groups in total. The minimum Gasteiger partial charge on any atom is -0.489 e. The van der Waals surface area contributed by atoms with Crippen molar-refractivity contribution in [2.45, 2.75) is 15.8 Å². The summed E-state index contributed by atoms with van der Waals surface area (Å²) in [6, 6.07) is 7.52. The van der Waals surface area contributed by atoms with Crippen molar-refractivity contribution < 1.29 is 22.9 Å². The van der Waals surface area contributed by atoms with Crippen molar-refractivity contribution in [2.24, 2.45) is 5.73 Å². The summed E-state index contributed by atoms with van der Waals surface area (Å²) in [6.45, 7) is 4.55. The van der Waals surface area contributed by atoms with Gasteiger partial charge in [-0.1, -0.05) is 12.1 Å². The van der Waals surface area contributed by atoms with Gasteiger partial charge in [-0.2, -0.15) is 0 Å². The first kappa shape index (κ1) is 23.0. The molecule has 2 heterocycles. The van der Waals surface area contributed by atoms with Gasteiger partial charge in [-0.05, 0) is 19.2 Å². The summed E-state index contributed by atoms with van der Waals surface area (Å²) in [6.07, 6.45) is 0. The molecule has 176 valence electrons. The lowest BCUT2D eigenvalue weighted by Crippen LogP contribution is -2.50. The fourth-order valence-electron chi connectivity index (χ4n) is 4.04. The zero-order valence-electron chi connectivity index (χ0n) is 18.1. The Hall–Kier alpha value is -3.22. The number of rotatable bonds is 6. The van der Waals surface area contributed by atoms with E-state index in [2.05, 4.69) is 22.2 Å². The number of likely N-dealkylation sites (N-methyl/N-ethyl adjacent to an activating group) is 1. The van der Waals surface area contributed by atoms with E-state index in [1.807, 2.05) is 0 Å². The molecule has 0 aromatic heterocycles. The molecular weight excluding hydrogens is 450 g/mol. The van der Waals surface area contributed by atoms with E-state index in [0.29, 0.717) is 6.54 Å². The average Bonchev–Trinajstić information content (AvgIpc) is 2.79. The Bertz CT molecular complexity index is 1190. The molecule has 4 rings (SSSR count). The number of hydrogen-bond donors (Lipinski definition) is 2. The number of carbonyl (C=O) groups excluding carboxylic acids is 1. The Kier molecular flexibility index (Phi) is 6.23. The quantitative estimate of drug-likeness (QED) is 0.460. The van der Waals surface area contributed by atoms with Gasteiger partial charge in [0.2, 0.25) is 15.7 Å². The van der Waals surface area contributed by atoms with Gasteiger partial charge in [0.15, 0.2) is 11.4 Å². The number of benzene rings is 2. The van der Waals surface area contributed by atoms with Crippen LogP contribution in [0.25, 0.3) is 0 Å². The van der Waals surface area contributed by atoms with Crippen LogP contribution in [0.3, 0.4) is 0 Å². The summed E-state index contributed by atoms with van der Waals surface area (Å²) in [5, 5.41) is 15.0. The largest absolute Gasteiger partial charge is 0.489 e. The molecule has 1 amide bonds. The van der Waals surface area contributed by atoms with Gasteiger partial charge in [0.25, 0.3) is 5.69 Å². The highest BCUT2D eigenvalue weighted by molar-refractivity contribution is 7.91. The number of amides is 1. The Labute approximate surface area is 191 Å². The Morgan fingerprint density at radius 2 is 1.94 bits per heavy atom. The predicted octanol–water partition coefficient (Wildman–Crippen LogP) is 0.947. The van der Waals surface area contributed by atoms with Crippen molar-refractivity contribution in [1.29, 1.82) is 0 Å². The van der Waals surface area contributed by atoms with Gasteiger partial charge >= 0.3 is 0 Å². The number of fused-ring (bicyclic) bond motifs is 1. The van der Waals surface area contributed by atoms with Crippen LogP contribution in [-0.4, -0.2) is 81.5 Å². The second-order valence-corrected chi connectivity index (χ2v) is 10.1. The zero-order chi connectivity index (χ0) is 23.8. The molecule has 0 bridgehead atoms. The molecule has 33 heavy (non-hydrogen) atoms. The van der Waals surface area contributed by atoms with E-state index in [1.165, 1.54) is 30.3 Å². The number of anilines is 1. The van der Waals surface area contributed by atoms with Crippen LogP contribution in [0.2, 0.25) is 0 Å². The Balaban J connectivity index is 1.66. The van der Waals surface area contributed by atoms with Gasteiger partial charge in [-0.15, -0.1) is 0 Å². The maximum absolute atomic E-state index is 13.3. The fourth-order valence-corrected chi connectivity index (χ4v) is 5.54. The molecule has 1 atom stereocenters. The number of nitro benzene ring substituents is 1. The van der Waals surface area contributed by atoms with E-state index in [4.69, 9.17) is 10.5 Å². The van der Waals surface area contributed by atoms with Crippen molar-refractivity contribution >= 4 is 27.1 Å². The van der Waals surface area contributed by atoms with Crippen LogP contribution >= 0.6 is 0 Å². The lowest BCUT2D eigenvalue weighted by atomic mass is 10.1. The van der Waals surface area contributed by atoms with Crippen LogP contribution in [0, 0.1) is 10.1 Å². The van der Waals surface area contributed by atoms with Crippen LogP contribution in [0.1, 0.15) is 10.4 Å². The Morgan fingerprint density at radius 1 is 1.24 bits per heavy atom. The first-order valence-electron chi connectivity index (χ1n) is 10.4. The van der Waals surface area contributed by atoms with Crippen LogP contribution < -0.4 is 15.8 Å². The van der Waals surface area contributed by atoms with Crippen molar-refractivity contribution in [1.82, 2.24) is 9.80 Å². The topological polar surface area (TPSA) is 148 Å². The van der Waals surface area contributed by atoms with E-state index in [9.17, 15) is 23.3 Å². The molecule has 11 nitrogen and oxygen atoms in total. The molecule has 2 aromatic carbocycles. The maximum Gasteiger partial charge on any atom is 0.297 e. The maximum atomic E-state index is 13.3. The summed E-state index contributed by atoms with van der Waals surface area (Å²) in [7, 11) is -2.21. The van der Waals surface area contributed by atoms with Gasteiger partial charge in [0, 0.05) is 44.9 Å². The monoisotopic (exact) mass is 475 g/mol.